The molecule has 7 aromatic carbocycles. The molecule has 3 aromatic heterocycles. The van der Waals surface area contributed by atoms with Gasteiger partial charge in [-0.15, -0.1) is 35.9 Å². The number of fused-ring (bicyclic) bond motifs is 5. The normalized spacial score (nSPS) is 12.5. The Morgan fingerprint density at radius 1 is 0.667 bits per heavy atom. The van der Waals surface area contributed by atoms with E-state index < -0.39 is 7.05 Å². The van der Waals surface area contributed by atoms with E-state index in [4.69, 9.17) is 14.4 Å². The number of aryl methyl sites for hydroxylation is 2. The Kier molecular flexibility index (Phi) is 10.1. The Bertz CT molecular complexity index is 3330. The molecule has 0 unspecified atom stereocenters. The molecule has 10 aromatic rings. The predicted molar refractivity (Wildman–Crippen MR) is 249 cm³/mol. The van der Waals surface area contributed by atoms with E-state index in [1.807, 2.05) is 36.5 Å². The van der Waals surface area contributed by atoms with Crippen LogP contribution in [0.1, 0.15) is 37.5 Å². The Hall–Kier alpha value is -6.89. The van der Waals surface area contributed by atoms with Gasteiger partial charge in [-0.1, -0.05) is 129 Å². The summed E-state index contributed by atoms with van der Waals surface area (Å²) in [6, 6.07) is 61.8. The predicted octanol–water partition coefficient (Wildman–Crippen LogP) is 11.4. The number of rotatable bonds is 7. The first-order valence-electron chi connectivity index (χ1n) is 21.0. The second-order valence-corrected chi connectivity index (χ2v) is 17.0. The molecule has 0 saturated heterocycles. The number of imidazole rings is 1. The SMILES string of the molecule is Cc1cccc(C)c1B1Oc2cccnc2N1c1[c-]c(Oc2[c-]c(-n3[c-][n+](-c4cccc5c6ccccc6n(-c6ccccc6)c45)c4ccccc43)ccc2)cc(C(C)(C)C)c1.[Pt]. The molecule has 0 saturated carbocycles. The van der Waals surface area contributed by atoms with Crippen molar-refractivity contribution >= 4 is 56.9 Å². The van der Waals surface area contributed by atoms with Crippen LogP contribution in [-0.4, -0.2) is 21.2 Å². The fourth-order valence-electron chi connectivity index (χ4n) is 8.92. The molecule has 0 fully saturated rings. The van der Waals surface area contributed by atoms with Gasteiger partial charge in [-0.25, -0.2) is 4.98 Å². The smallest absolute Gasteiger partial charge is 0.524 e. The zero-order valence-corrected chi connectivity index (χ0v) is 37.8. The standard InChI is InChI=1S/C54H42BN5O2.Pt/c1-36-17-13-18-37(2)51(36)55-60(53-50(62-55)29-16-30-56-53)41-31-38(54(3,4)5)32-43(34-41)61-42-22-14-21-40(33-42)57-35-58(48-27-12-11-26-47(48)57)49-28-15-24-45-44-23-9-10-25-46(44)59(52(45)49)39-19-7-6-8-20-39;/h6-32H,1-5H3;/q-2;. The van der Waals surface area contributed by atoms with Crippen molar-refractivity contribution in [1.82, 2.24) is 14.1 Å². The van der Waals surface area contributed by atoms with E-state index in [1.54, 1.807) is 0 Å². The minimum absolute atomic E-state index is 0. The zero-order chi connectivity index (χ0) is 42.1. The van der Waals surface area contributed by atoms with E-state index in [-0.39, 0.29) is 26.5 Å². The first kappa shape index (κ1) is 40.2. The van der Waals surface area contributed by atoms with Gasteiger partial charge in [0.05, 0.1) is 27.8 Å². The molecule has 4 heterocycles. The molecule has 0 radical (unpaired) electrons. The first-order valence-corrected chi connectivity index (χ1v) is 21.0. The minimum atomic E-state index is -0.431. The van der Waals surface area contributed by atoms with Gasteiger partial charge in [0.1, 0.15) is 5.75 Å². The largest absolute Gasteiger partial charge is 0.535 e. The van der Waals surface area contributed by atoms with Crippen LogP contribution < -0.4 is 24.2 Å². The molecule has 1 aliphatic rings. The Morgan fingerprint density at radius 3 is 2.17 bits per heavy atom. The number of aromatic nitrogens is 4. The van der Waals surface area contributed by atoms with Crippen molar-refractivity contribution < 1.29 is 35.0 Å². The van der Waals surface area contributed by atoms with Crippen LogP contribution in [0.2, 0.25) is 0 Å². The maximum absolute atomic E-state index is 6.78. The number of benzene rings is 7. The van der Waals surface area contributed by atoms with Crippen molar-refractivity contribution in [3.05, 3.63) is 199 Å². The second-order valence-electron chi connectivity index (χ2n) is 17.0. The zero-order valence-electron chi connectivity index (χ0n) is 35.5. The number of pyridine rings is 1. The quantitative estimate of drug-likeness (QED) is 0.0907. The van der Waals surface area contributed by atoms with Crippen molar-refractivity contribution in [2.45, 2.75) is 40.0 Å². The monoisotopic (exact) mass is 998 g/mol. The summed E-state index contributed by atoms with van der Waals surface area (Å²) in [7, 11) is -0.431. The summed E-state index contributed by atoms with van der Waals surface area (Å²) in [6.07, 6.45) is 5.55. The fourth-order valence-corrected chi connectivity index (χ4v) is 8.92. The van der Waals surface area contributed by atoms with E-state index in [0.29, 0.717) is 11.5 Å². The van der Waals surface area contributed by atoms with Gasteiger partial charge < -0.3 is 23.3 Å². The first-order chi connectivity index (χ1) is 30.2. The number of hydrogen-bond acceptors (Lipinski definition) is 4. The molecular weight excluding hydrogens is 957 g/mol. The summed E-state index contributed by atoms with van der Waals surface area (Å²) >= 11 is 0. The maximum Gasteiger partial charge on any atom is 0.524 e. The summed E-state index contributed by atoms with van der Waals surface area (Å²) in [6.45, 7) is 10.9. The van der Waals surface area contributed by atoms with Crippen LogP contribution >= 0.6 is 0 Å². The van der Waals surface area contributed by atoms with E-state index in [1.165, 1.54) is 10.8 Å². The molecule has 0 bridgehead atoms. The Morgan fingerprint density at radius 2 is 1.37 bits per heavy atom. The molecule has 310 valence electrons. The van der Waals surface area contributed by atoms with Crippen LogP contribution in [0.15, 0.2) is 164 Å². The number of anilines is 2. The molecule has 63 heavy (non-hydrogen) atoms. The van der Waals surface area contributed by atoms with Gasteiger partial charge in [-0.3, -0.25) is 4.57 Å². The Balaban J connectivity index is 0.00000471. The average molecular weight is 999 g/mol. The van der Waals surface area contributed by atoms with Gasteiger partial charge in [-0.05, 0) is 66.8 Å². The fraction of sp³-hybridized carbons (Fsp3) is 0.111. The van der Waals surface area contributed by atoms with Gasteiger partial charge in [0, 0.05) is 55.2 Å². The van der Waals surface area contributed by atoms with Crippen molar-refractivity contribution in [2.24, 2.45) is 0 Å². The molecule has 9 heteroatoms. The number of nitrogens with zero attached hydrogens (tertiary/aromatic N) is 5. The molecule has 7 nitrogen and oxygen atoms in total. The van der Waals surface area contributed by atoms with Gasteiger partial charge in [-0.2, -0.15) is 12.1 Å². The molecule has 0 atom stereocenters. The molecular formula is C54H42BN5O2Pt-2. The van der Waals surface area contributed by atoms with E-state index in [9.17, 15) is 0 Å². The van der Waals surface area contributed by atoms with Crippen LogP contribution in [0.3, 0.4) is 0 Å². The summed E-state index contributed by atoms with van der Waals surface area (Å²) in [5.41, 5.74) is 12.3. The van der Waals surface area contributed by atoms with Gasteiger partial charge >= 0.3 is 7.05 Å². The molecule has 0 aliphatic carbocycles. The van der Waals surface area contributed by atoms with Crippen LogP contribution in [0.25, 0.3) is 49.9 Å². The van der Waals surface area contributed by atoms with Crippen LogP contribution in [-0.2, 0) is 26.5 Å². The van der Waals surface area contributed by atoms with Crippen LogP contribution in [0.5, 0.6) is 17.2 Å². The van der Waals surface area contributed by atoms with Gasteiger partial charge in [0.25, 0.3) is 6.33 Å². The number of para-hydroxylation sites is 5. The van der Waals surface area contributed by atoms with Crippen molar-refractivity contribution in [3.63, 3.8) is 0 Å². The van der Waals surface area contributed by atoms with Gasteiger partial charge in [0.2, 0.25) is 0 Å². The second kappa shape index (κ2) is 15.8. The van der Waals surface area contributed by atoms with Crippen molar-refractivity contribution in [2.75, 3.05) is 4.81 Å². The molecule has 1 aliphatic heterocycles. The topological polar surface area (TPSA) is 48.3 Å². The molecule has 0 spiro atoms. The summed E-state index contributed by atoms with van der Waals surface area (Å²) in [4.78, 5) is 6.97. The molecule has 11 rings (SSSR count). The van der Waals surface area contributed by atoms with E-state index in [2.05, 4.69) is 199 Å². The third-order valence-corrected chi connectivity index (χ3v) is 11.9. The molecule has 0 N–H and O–H groups in total. The summed E-state index contributed by atoms with van der Waals surface area (Å²) in [5, 5.41) is 2.37. The average Bonchev–Trinajstić information content (AvgIpc) is 3.97. The maximum atomic E-state index is 6.78. The van der Waals surface area contributed by atoms with Crippen molar-refractivity contribution in [3.8, 4) is 34.3 Å². The van der Waals surface area contributed by atoms with Crippen LogP contribution in [0, 0.1) is 32.3 Å². The number of hydrogen-bond donors (Lipinski definition) is 0. The van der Waals surface area contributed by atoms with Crippen LogP contribution in [0.4, 0.5) is 11.5 Å². The van der Waals surface area contributed by atoms with E-state index in [0.717, 1.165) is 78.5 Å². The molecule has 0 amide bonds. The number of ether oxygens (including phenoxy) is 1. The summed E-state index contributed by atoms with van der Waals surface area (Å²) in [5.74, 6) is 2.60. The minimum Gasteiger partial charge on any atom is -0.535 e. The van der Waals surface area contributed by atoms with E-state index >= 15 is 0 Å². The third-order valence-electron chi connectivity index (χ3n) is 11.9. The third kappa shape index (κ3) is 6.90. The summed E-state index contributed by atoms with van der Waals surface area (Å²) < 4.78 is 20.1. The Labute approximate surface area is 382 Å². The van der Waals surface area contributed by atoms with Crippen molar-refractivity contribution in [1.29, 1.82) is 0 Å². The van der Waals surface area contributed by atoms with Gasteiger partial charge in [0.15, 0.2) is 5.82 Å².